The summed E-state index contributed by atoms with van der Waals surface area (Å²) in [6, 6.07) is 8.69. The predicted octanol–water partition coefficient (Wildman–Crippen LogP) is 4.65. The molecule has 2 aromatic heterocycles. The van der Waals surface area contributed by atoms with E-state index in [0.717, 1.165) is 65.9 Å². The smallest absolute Gasteiger partial charge is 0.263 e. The minimum absolute atomic E-state index is 0.148. The Morgan fingerprint density at radius 1 is 1.19 bits per heavy atom. The Labute approximate surface area is 164 Å². The lowest BCUT2D eigenvalue weighted by molar-refractivity contribution is 0.215. The number of rotatable bonds is 4. The first-order chi connectivity index (χ1) is 13.1. The molecule has 142 valence electrons. The molecule has 27 heavy (non-hydrogen) atoms. The van der Waals surface area contributed by atoms with E-state index in [1.54, 1.807) is 11.3 Å². The summed E-state index contributed by atoms with van der Waals surface area (Å²) in [4.78, 5) is 21.8. The third-order valence-corrected chi connectivity index (χ3v) is 6.47. The average Bonchev–Trinajstić information content (AvgIpc) is 3.08. The Morgan fingerprint density at radius 2 is 1.89 bits per heavy atom. The first-order valence-corrected chi connectivity index (χ1v) is 10.7. The van der Waals surface area contributed by atoms with Crippen LogP contribution in [0.15, 0.2) is 34.4 Å². The first kappa shape index (κ1) is 18.4. The highest BCUT2D eigenvalue weighted by atomic mass is 32.1. The molecule has 5 heteroatoms. The predicted molar refractivity (Wildman–Crippen MR) is 114 cm³/mol. The standard InChI is InChI=1S/C22H27N3OS/c1-4-5-19-23-21-20(18(14-27-21)16-8-6-15(2)7-9-16)22(26)25(19)17-10-12-24(3)13-11-17/h6-9,14,17H,4-5,10-13H2,1-3H3. The summed E-state index contributed by atoms with van der Waals surface area (Å²) in [5.41, 5.74) is 3.50. The summed E-state index contributed by atoms with van der Waals surface area (Å²) in [7, 11) is 2.15. The van der Waals surface area contributed by atoms with E-state index in [0.29, 0.717) is 0 Å². The molecule has 0 bridgehead atoms. The fourth-order valence-electron chi connectivity index (χ4n) is 4.02. The van der Waals surface area contributed by atoms with E-state index in [-0.39, 0.29) is 11.6 Å². The maximum absolute atomic E-state index is 13.6. The van der Waals surface area contributed by atoms with Crippen LogP contribution in [0.3, 0.4) is 0 Å². The fraction of sp³-hybridized carbons (Fsp3) is 0.455. The quantitative estimate of drug-likeness (QED) is 0.660. The molecule has 0 saturated carbocycles. The lowest BCUT2D eigenvalue weighted by Gasteiger charge is -2.31. The summed E-state index contributed by atoms with van der Waals surface area (Å²) in [5, 5.41) is 2.89. The van der Waals surface area contributed by atoms with Gasteiger partial charge >= 0.3 is 0 Å². The van der Waals surface area contributed by atoms with Gasteiger partial charge in [-0.25, -0.2) is 4.98 Å². The highest BCUT2D eigenvalue weighted by Gasteiger charge is 2.24. The number of thiophene rings is 1. The molecule has 4 rings (SSSR count). The highest BCUT2D eigenvalue weighted by Crippen LogP contribution is 2.32. The van der Waals surface area contributed by atoms with Gasteiger partial charge in [-0.05, 0) is 51.9 Å². The summed E-state index contributed by atoms with van der Waals surface area (Å²) in [5.74, 6) is 0.960. The van der Waals surface area contributed by atoms with Gasteiger partial charge in [0.1, 0.15) is 10.7 Å². The summed E-state index contributed by atoms with van der Waals surface area (Å²) < 4.78 is 2.03. The SMILES string of the molecule is CCCc1nc2scc(-c3ccc(C)cc3)c2c(=O)n1C1CCN(C)CC1. The van der Waals surface area contributed by atoms with Gasteiger partial charge in [0.25, 0.3) is 5.56 Å². The molecule has 1 aliphatic heterocycles. The lowest BCUT2D eigenvalue weighted by Crippen LogP contribution is -2.37. The molecule has 1 saturated heterocycles. The van der Waals surface area contributed by atoms with Crippen molar-refractivity contribution in [2.75, 3.05) is 20.1 Å². The Bertz CT molecular complexity index is 995. The number of piperidine rings is 1. The van der Waals surface area contributed by atoms with E-state index in [1.165, 1.54) is 5.56 Å². The van der Waals surface area contributed by atoms with Crippen molar-refractivity contribution in [3.05, 3.63) is 51.4 Å². The van der Waals surface area contributed by atoms with Gasteiger partial charge in [-0.3, -0.25) is 9.36 Å². The van der Waals surface area contributed by atoms with E-state index in [2.05, 4.69) is 55.4 Å². The van der Waals surface area contributed by atoms with Crippen LogP contribution in [0.25, 0.3) is 21.3 Å². The van der Waals surface area contributed by atoms with Gasteiger partial charge in [0.05, 0.1) is 5.39 Å². The van der Waals surface area contributed by atoms with Crippen molar-refractivity contribution in [2.45, 2.75) is 45.6 Å². The second kappa shape index (κ2) is 7.56. The summed E-state index contributed by atoms with van der Waals surface area (Å²) >= 11 is 1.59. The number of fused-ring (bicyclic) bond motifs is 1. The van der Waals surface area contributed by atoms with Gasteiger partial charge < -0.3 is 4.90 Å². The zero-order valence-electron chi connectivity index (χ0n) is 16.4. The van der Waals surface area contributed by atoms with Gasteiger partial charge in [-0.2, -0.15) is 0 Å². The van der Waals surface area contributed by atoms with Crippen molar-refractivity contribution in [1.29, 1.82) is 0 Å². The molecule has 1 aromatic carbocycles. The molecule has 0 aliphatic carbocycles. The Morgan fingerprint density at radius 3 is 2.56 bits per heavy atom. The van der Waals surface area contributed by atoms with Gasteiger partial charge in [-0.1, -0.05) is 36.8 Å². The van der Waals surface area contributed by atoms with Crippen molar-refractivity contribution in [1.82, 2.24) is 14.5 Å². The number of nitrogens with zero attached hydrogens (tertiary/aromatic N) is 3. The maximum Gasteiger partial charge on any atom is 0.263 e. The summed E-state index contributed by atoms with van der Waals surface area (Å²) in [6.45, 7) is 6.31. The van der Waals surface area contributed by atoms with Crippen molar-refractivity contribution < 1.29 is 0 Å². The molecule has 1 fully saturated rings. The molecular weight excluding hydrogens is 354 g/mol. The number of aromatic nitrogens is 2. The fourth-order valence-corrected chi connectivity index (χ4v) is 4.98. The first-order valence-electron chi connectivity index (χ1n) is 9.86. The van der Waals surface area contributed by atoms with Crippen molar-refractivity contribution in [3.63, 3.8) is 0 Å². The van der Waals surface area contributed by atoms with Crippen molar-refractivity contribution in [2.24, 2.45) is 0 Å². The van der Waals surface area contributed by atoms with Crippen LogP contribution >= 0.6 is 11.3 Å². The minimum atomic E-state index is 0.148. The number of hydrogen-bond acceptors (Lipinski definition) is 4. The maximum atomic E-state index is 13.6. The molecule has 0 amide bonds. The Balaban J connectivity index is 1.88. The molecule has 0 radical (unpaired) electrons. The number of likely N-dealkylation sites (tertiary alicyclic amines) is 1. The van der Waals surface area contributed by atoms with E-state index in [9.17, 15) is 4.79 Å². The van der Waals surface area contributed by atoms with Gasteiger partial charge in [0.15, 0.2) is 0 Å². The molecule has 3 aromatic rings. The van der Waals surface area contributed by atoms with Gasteiger partial charge in [0.2, 0.25) is 0 Å². The third-order valence-electron chi connectivity index (χ3n) is 5.60. The second-order valence-electron chi connectivity index (χ2n) is 7.68. The van der Waals surface area contributed by atoms with Crippen LogP contribution in [0.4, 0.5) is 0 Å². The average molecular weight is 382 g/mol. The van der Waals surface area contributed by atoms with Crippen LogP contribution in [0.2, 0.25) is 0 Å². The van der Waals surface area contributed by atoms with Gasteiger partial charge in [0, 0.05) is 23.4 Å². The molecule has 0 atom stereocenters. The molecule has 4 nitrogen and oxygen atoms in total. The number of aryl methyl sites for hydroxylation is 2. The van der Waals surface area contributed by atoms with Gasteiger partial charge in [-0.15, -0.1) is 11.3 Å². The zero-order chi connectivity index (χ0) is 19.0. The molecule has 3 heterocycles. The van der Waals surface area contributed by atoms with Crippen LogP contribution < -0.4 is 5.56 Å². The van der Waals surface area contributed by atoms with Crippen LogP contribution in [-0.2, 0) is 6.42 Å². The zero-order valence-corrected chi connectivity index (χ0v) is 17.2. The van der Waals surface area contributed by atoms with E-state index in [4.69, 9.17) is 4.98 Å². The minimum Gasteiger partial charge on any atom is -0.306 e. The van der Waals surface area contributed by atoms with Crippen LogP contribution in [0.1, 0.15) is 43.6 Å². The van der Waals surface area contributed by atoms with E-state index < -0.39 is 0 Å². The molecule has 0 spiro atoms. The van der Waals surface area contributed by atoms with Crippen molar-refractivity contribution >= 4 is 21.6 Å². The monoisotopic (exact) mass is 381 g/mol. The Hall–Kier alpha value is -1.98. The second-order valence-corrected chi connectivity index (χ2v) is 8.54. The molecule has 0 N–H and O–H groups in total. The van der Waals surface area contributed by atoms with E-state index >= 15 is 0 Å². The third kappa shape index (κ3) is 3.46. The lowest BCUT2D eigenvalue weighted by atomic mass is 10.0. The summed E-state index contributed by atoms with van der Waals surface area (Å²) in [6.07, 6.45) is 3.89. The largest absolute Gasteiger partial charge is 0.306 e. The van der Waals surface area contributed by atoms with Crippen LogP contribution in [0, 0.1) is 6.92 Å². The van der Waals surface area contributed by atoms with Crippen LogP contribution in [-0.4, -0.2) is 34.6 Å². The molecule has 1 aliphatic rings. The molecule has 0 unspecified atom stereocenters. The normalized spacial score (nSPS) is 16.3. The molecular formula is C22H27N3OS. The van der Waals surface area contributed by atoms with Crippen molar-refractivity contribution in [3.8, 4) is 11.1 Å². The van der Waals surface area contributed by atoms with Crippen LogP contribution in [0.5, 0.6) is 0 Å². The van der Waals surface area contributed by atoms with E-state index in [1.807, 2.05) is 4.57 Å². The number of hydrogen-bond donors (Lipinski definition) is 0. The Kier molecular flexibility index (Phi) is 5.15. The highest BCUT2D eigenvalue weighted by molar-refractivity contribution is 7.17. The number of benzene rings is 1. The topological polar surface area (TPSA) is 38.1 Å².